The van der Waals surface area contributed by atoms with Gasteiger partial charge >= 0.3 is 0 Å². The fraction of sp³-hybridized carbons (Fsp3) is 0.600. The predicted molar refractivity (Wildman–Crippen MR) is 76.4 cm³/mol. The van der Waals surface area contributed by atoms with Crippen LogP contribution in [-0.4, -0.2) is 41.3 Å². The standard InChI is InChI=1S/C15H24N2O2/c1-17(2)15(7-3-4-8-15)11-16-10-12-5-6-13(18)9-14(12)19/h5-6,9,16,18-19H,3-4,7-8,10-11H2,1-2H3. The number of phenolic OH excluding ortho intramolecular Hbond substituents is 2. The van der Waals surface area contributed by atoms with Crippen molar-refractivity contribution in [1.29, 1.82) is 0 Å². The van der Waals surface area contributed by atoms with Crippen LogP contribution >= 0.6 is 0 Å². The summed E-state index contributed by atoms with van der Waals surface area (Å²) in [5.41, 5.74) is 1.08. The maximum Gasteiger partial charge on any atom is 0.123 e. The fourth-order valence-corrected chi connectivity index (χ4v) is 2.95. The number of nitrogens with one attached hydrogen (secondary N) is 1. The summed E-state index contributed by atoms with van der Waals surface area (Å²) in [6.07, 6.45) is 5.05. The summed E-state index contributed by atoms with van der Waals surface area (Å²) in [6.45, 7) is 1.56. The maximum absolute atomic E-state index is 9.75. The average molecular weight is 264 g/mol. The maximum atomic E-state index is 9.75. The van der Waals surface area contributed by atoms with Crippen LogP contribution in [0.5, 0.6) is 11.5 Å². The smallest absolute Gasteiger partial charge is 0.123 e. The van der Waals surface area contributed by atoms with Crippen LogP contribution in [0.15, 0.2) is 18.2 Å². The molecule has 0 amide bonds. The van der Waals surface area contributed by atoms with Crippen LogP contribution < -0.4 is 5.32 Å². The summed E-state index contributed by atoms with van der Waals surface area (Å²) in [5, 5.41) is 22.5. The van der Waals surface area contributed by atoms with E-state index in [1.807, 2.05) is 0 Å². The molecule has 4 nitrogen and oxygen atoms in total. The number of rotatable bonds is 5. The normalized spacial score (nSPS) is 18.1. The lowest BCUT2D eigenvalue weighted by Gasteiger charge is -2.36. The summed E-state index contributed by atoms with van der Waals surface area (Å²) in [7, 11) is 4.29. The van der Waals surface area contributed by atoms with Crippen molar-refractivity contribution in [1.82, 2.24) is 10.2 Å². The van der Waals surface area contributed by atoms with E-state index in [2.05, 4.69) is 24.3 Å². The van der Waals surface area contributed by atoms with Gasteiger partial charge in [0, 0.05) is 30.3 Å². The lowest BCUT2D eigenvalue weighted by atomic mass is 9.96. The van der Waals surface area contributed by atoms with Crippen molar-refractivity contribution in [2.24, 2.45) is 0 Å². The van der Waals surface area contributed by atoms with Gasteiger partial charge in [-0.25, -0.2) is 0 Å². The van der Waals surface area contributed by atoms with Crippen LogP contribution in [0.2, 0.25) is 0 Å². The third-order valence-electron chi connectivity index (χ3n) is 4.32. The summed E-state index contributed by atoms with van der Waals surface area (Å²) >= 11 is 0. The van der Waals surface area contributed by atoms with E-state index in [0.717, 1.165) is 12.1 Å². The quantitative estimate of drug-likeness (QED) is 0.762. The monoisotopic (exact) mass is 264 g/mol. The molecule has 0 atom stereocenters. The van der Waals surface area contributed by atoms with Crippen LogP contribution in [0.4, 0.5) is 0 Å². The van der Waals surface area contributed by atoms with Gasteiger partial charge in [0.15, 0.2) is 0 Å². The minimum absolute atomic E-state index is 0.0989. The Morgan fingerprint density at radius 1 is 1.21 bits per heavy atom. The minimum atomic E-state index is 0.0989. The zero-order chi connectivity index (χ0) is 13.9. The first-order valence-corrected chi connectivity index (χ1v) is 6.92. The second-order valence-electron chi connectivity index (χ2n) is 5.74. The van der Waals surface area contributed by atoms with Crippen molar-refractivity contribution in [2.75, 3.05) is 20.6 Å². The molecule has 0 aliphatic heterocycles. The van der Waals surface area contributed by atoms with E-state index in [9.17, 15) is 10.2 Å². The minimum Gasteiger partial charge on any atom is -0.508 e. The molecule has 0 heterocycles. The molecule has 0 radical (unpaired) electrons. The highest BCUT2D eigenvalue weighted by Gasteiger charge is 2.35. The Morgan fingerprint density at radius 3 is 2.47 bits per heavy atom. The van der Waals surface area contributed by atoms with Gasteiger partial charge < -0.3 is 20.4 Å². The second kappa shape index (κ2) is 5.80. The third-order valence-corrected chi connectivity index (χ3v) is 4.32. The van der Waals surface area contributed by atoms with E-state index in [4.69, 9.17) is 0 Å². The Bertz CT molecular complexity index is 426. The molecule has 4 heteroatoms. The van der Waals surface area contributed by atoms with Gasteiger partial charge in [-0.15, -0.1) is 0 Å². The van der Waals surface area contributed by atoms with Crippen LogP contribution in [-0.2, 0) is 6.54 Å². The lowest BCUT2D eigenvalue weighted by molar-refractivity contribution is 0.153. The van der Waals surface area contributed by atoms with Crippen molar-refractivity contribution in [2.45, 2.75) is 37.8 Å². The molecule has 3 N–H and O–H groups in total. The Kier molecular flexibility index (Phi) is 4.32. The number of phenols is 2. The Balaban J connectivity index is 1.92. The molecule has 106 valence electrons. The van der Waals surface area contributed by atoms with E-state index in [1.54, 1.807) is 12.1 Å². The van der Waals surface area contributed by atoms with Crippen LogP contribution in [0.3, 0.4) is 0 Å². The summed E-state index contributed by atoms with van der Waals surface area (Å²) < 4.78 is 0. The van der Waals surface area contributed by atoms with Crippen LogP contribution in [0.25, 0.3) is 0 Å². The highest BCUT2D eigenvalue weighted by atomic mass is 16.3. The van der Waals surface area contributed by atoms with E-state index in [0.29, 0.717) is 6.54 Å². The number of hydrogen-bond donors (Lipinski definition) is 3. The average Bonchev–Trinajstić information content (AvgIpc) is 2.82. The molecule has 2 rings (SSSR count). The molecule has 0 bridgehead atoms. The number of aromatic hydroxyl groups is 2. The van der Waals surface area contributed by atoms with E-state index in [-0.39, 0.29) is 17.0 Å². The first-order valence-electron chi connectivity index (χ1n) is 6.92. The zero-order valence-electron chi connectivity index (χ0n) is 11.8. The number of benzene rings is 1. The Morgan fingerprint density at radius 2 is 1.89 bits per heavy atom. The van der Waals surface area contributed by atoms with E-state index < -0.39 is 0 Å². The molecule has 1 saturated carbocycles. The van der Waals surface area contributed by atoms with E-state index >= 15 is 0 Å². The van der Waals surface area contributed by atoms with Crippen molar-refractivity contribution in [3.63, 3.8) is 0 Å². The van der Waals surface area contributed by atoms with Gasteiger partial charge in [0.05, 0.1) is 0 Å². The highest BCUT2D eigenvalue weighted by molar-refractivity contribution is 5.38. The predicted octanol–water partition coefficient (Wildman–Crippen LogP) is 2.06. The van der Waals surface area contributed by atoms with Gasteiger partial charge in [0.25, 0.3) is 0 Å². The molecular formula is C15H24N2O2. The number of hydrogen-bond acceptors (Lipinski definition) is 4. The van der Waals surface area contributed by atoms with Crippen molar-refractivity contribution >= 4 is 0 Å². The molecule has 19 heavy (non-hydrogen) atoms. The van der Waals surface area contributed by atoms with Gasteiger partial charge in [0.2, 0.25) is 0 Å². The topological polar surface area (TPSA) is 55.7 Å². The zero-order valence-corrected chi connectivity index (χ0v) is 11.8. The van der Waals surface area contributed by atoms with E-state index in [1.165, 1.54) is 31.7 Å². The van der Waals surface area contributed by atoms with Gasteiger partial charge in [0.1, 0.15) is 11.5 Å². The number of likely N-dealkylation sites (N-methyl/N-ethyl adjacent to an activating group) is 1. The first kappa shape index (κ1) is 14.2. The molecule has 1 aromatic carbocycles. The SMILES string of the molecule is CN(C)C1(CNCc2ccc(O)cc2O)CCCC1. The molecule has 0 unspecified atom stereocenters. The molecule has 0 saturated heterocycles. The summed E-state index contributed by atoms with van der Waals surface area (Å²) in [5.74, 6) is 0.250. The molecule has 0 spiro atoms. The van der Waals surface area contributed by atoms with Crippen LogP contribution in [0, 0.1) is 0 Å². The Hall–Kier alpha value is -1.26. The largest absolute Gasteiger partial charge is 0.508 e. The third kappa shape index (κ3) is 3.19. The van der Waals surface area contributed by atoms with Crippen LogP contribution in [0.1, 0.15) is 31.2 Å². The second-order valence-corrected chi connectivity index (χ2v) is 5.74. The molecule has 1 aromatic rings. The van der Waals surface area contributed by atoms with Crippen molar-refractivity contribution in [3.05, 3.63) is 23.8 Å². The summed E-state index contributed by atoms with van der Waals surface area (Å²) in [6, 6.07) is 4.75. The number of nitrogens with zero attached hydrogens (tertiary/aromatic N) is 1. The van der Waals surface area contributed by atoms with Gasteiger partial charge in [-0.2, -0.15) is 0 Å². The molecular weight excluding hydrogens is 240 g/mol. The van der Waals surface area contributed by atoms with Crippen molar-refractivity contribution in [3.8, 4) is 11.5 Å². The Labute approximate surface area is 115 Å². The summed E-state index contributed by atoms with van der Waals surface area (Å²) in [4.78, 5) is 2.32. The fourth-order valence-electron chi connectivity index (χ4n) is 2.95. The molecule has 1 aliphatic rings. The van der Waals surface area contributed by atoms with Gasteiger partial charge in [-0.05, 0) is 33.0 Å². The molecule has 1 fully saturated rings. The first-order chi connectivity index (χ1) is 9.03. The van der Waals surface area contributed by atoms with Gasteiger partial charge in [-0.1, -0.05) is 18.9 Å². The molecule has 1 aliphatic carbocycles. The molecule has 0 aromatic heterocycles. The highest BCUT2D eigenvalue weighted by Crippen LogP contribution is 2.33. The van der Waals surface area contributed by atoms with Crippen molar-refractivity contribution < 1.29 is 10.2 Å². The van der Waals surface area contributed by atoms with Gasteiger partial charge in [-0.3, -0.25) is 0 Å². The lowest BCUT2D eigenvalue weighted by Crippen LogP contribution is -2.49.